The van der Waals surface area contributed by atoms with E-state index in [9.17, 15) is 23.5 Å². The molecule has 1 amide bonds. The minimum atomic E-state index is -1.21. The topological polar surface area (TPSA) is 89.2 Å². The molecule has 10 heteroatoms. The molecule has 0 bridgehead atoms. The van der Waals surface area contributed by atoms with Crippen LogP contribution in [0.4, 0.5) is 14.5 Å². The Morgan fingerprint density at radius 1 is 1.11 bits per heavy atom. The first kappa shape index (κ1) is 25.3. The first-order chi connectivity index (χ1) is 18.2. The van der Waals surface area contributed by atoms with E-state index in [1.54, 1.807) is 37.3 Å². The molecule has 5 rings (SSSR count). The van der Waals surface area contributed by atoms with Crippen LogP contribution in [0.15, 0.2) is 76.4 Å². The fourth-order valence-electron chi connectivity index (χ4n) is 4.48. The van der Waals surface area contributed by atoms with E-state index in [-0.39, 0.29) is 28.4 Å². The molecule has 4 aromatic rings. The maximum absolute atomic E-state index is 14.2. The molecule has 2 heterocycles. The number of methoxy groups -OCH3 is 1. The Hall–Kier alpha value is -4.37. The third-order valence-electron chi connectivity index (χ3n) is 6.11. The zero-order valence-electron chi connectivity index (χ0n) is 20.1. The summed E-state index contributed by atoms with van der Waals surface area (Å²) in [6.45, 7) is 2.15. The number of Topliss-reactive ketones (excluding diaryl/α,β-unsaturated/α-hetero) is 1. The van der Waals surface area contributed by atoms with Crippen molar-refractivity contribution < 1.29 is 37.4 Å². The van der Waals surface area contributed by atoms with E-state index >= 15 is 0 Å². The van der Waals surface area contributed by atoms with E-state index in [1.807, 2.05) is 0 Å². The number of ether oxygens (including phenoxy) is 2. The molecule has 0 aliphatic carbocycles. The summed E-state index contributed by atoms with van der Waals surface area (Å²) in [4.78, 5) is 28.2. The van der Waals surface area contributed by atoms with Gasteiger partial charge in [0.25, 0.3) is 5.91 Å². The zero-order chi connectivity index (χ0) is 27.1. The standard InChI is InChI=1S/C28H20ClF2NO6/c1-3-37-18-6-4-5-14(10-18)24-23(26(34)28(35)32(24)17-7-8-19(30)20(31)13-17)25(33)21-11-15-9-16(29)12-22(36-2)27(15)38-21/h4-13,24,34H,3H2,1-2H3. The molecule has 0 radical (unpaired) electrons. The number of anilines is 1. The summed E-state index contributed by atoms with van der Waals surface area (Å²) in [6.07, 6.45) is 0. The third-order valence-corrected chi connectivity index (χ3v) is 6.33. The summed E-state index contributed by atoms with van der Waals surface area (Å²) in [5, 5.41) is 11.8. The number of carbonyl (C=O) groups is 2. The Morgan fingerprint density at radius 3 is 2.61 bits per heavy atom. The van der Waals surface area contributed by atoms with Crippen LogP contribution in [0.5, 0.6) is 11.5 Å². The third kappa shape index (κ3) is 4.24. The molecule has 0 saturated heterocycles. The largest absolute Gasteiger partial charge is 0.503 e. The van der Waals surface area contributed by atoms with Gasteiger partial charge in [-0.15, -0.1) is 0 Å². The molecule has 1 atom stereocenters. The van der Waals surface area contributed by atoms with Crippen LogP contribution in [-0.4, -0.2) is 30.5 Å². The molecule has 1 aromatic heterocycles. The summed E-state index contributed by atoms with van der Waals surface area (Å²) >= 11 is 6.14. The summed E-state index contributed by atoms with van der Waals surface area (Å²) in [5.74, 6) is -4.37. The quantitative estimate of drug-likeness (QED) is 0.268. The number of rotatable bonds is 7. The number of hydrogen-bond donors (Lipinski definition) is 1. The number of furan rings is 1. The second-order valence-corrected chi connectivity index (χ2v) is 8.85. The number of aliphatic hydroxyl groups is 1. The molecule has 1 N–H and O–H groups in total. The van der Waals surface area contributed by atoms with Crippen LogP contribution in [0.1, 0.15) is 29.1 Å². The Labute approximate surface area is 220 Å². The summed E-state index contributed by atoms with van der Waals surface area (Å²) in [7, 11) is 1.42. The molecule has 0 saturated carbocycles. The first-order valence-electron chi connectivity index (χ1n) is 11.5. The predicted octanol–water partition coefficient (Wildman–Crippen LogP) is 6.55. The van der Waals surface area contributed by atoms with Gasteiger partial charge in [-0.1, -0.05) is 23.7 Å². The van der Waals surface area contributed by atoms with Crippen molar-refractivity contribution in [1.82, 2.24) is 0 Å². The van der Waals surface area contributed by atoms with Gasteiger partial charge in [-0.2, -0.15) is 0 Å². The maximum Gasteiger partial charge on any atom is 0.294 e. The molecule has 7 nitrogen and oxygen atoms in total. The van der Waals surface area contributed by atoms with Gasteiger partial charge in [-0.3, -0.25) is 14.5 Å². The van der Waals surface area contributed by atoms with Crippen molar-refractivity contribution in [3.05, 3.63) is 100.0 Å². The van der Waals surface area contributed by atoms with E-state index in [4.69, 9.17) is 25.5 Å². The van der Waals surface area contributed by atoms with Crippen LogP contribution in [0.2, 0.25) is 5.02 Å². The SMILES string of the molecule is CCOc1cccc(C2C(C(=O)c3cc4cc(Cl)cc(OC)c4o3)=C(O)C(=O)N2c2ccc(F)c(F)c2)c1. The molecule has 194 valence electrons. The molecule has 1 aliphatic heterocycles. The number of ketones is 1. The Morgan fingerprint density at radius 2 is 1.89 bits per heavy atom. The number of nitrogens with zero attached hydrogens (tertiary/aromatic N) is 1. The molecule has 3 aromatic carbocycles. The van der Waals surface area contributed by atoms with Crippen molar-refractivity contribution in [3.8, 4) is 11.5 Å². The van der Waals surface area contributed by atoms with Gasteiger partial charge >= 0.3 is 0 Å². The molecular weight excluding hydrogens is 520 g/mol. The van der Waals surface area contributed by atoms with Crippen molar-refractivity contribution in [2.45, 2.75) is 13.0 Å². The predicted molar refractivity (Wildman–Crippen MR) is 136 cm³/mol. The van der Waals surface area contributed by atoms with E-state index in [2.05, 4.69) is 0 Å². The van der Waals surface area contributed by atoms with Gasteiger partial charge in [-0.25, -0.2) is 8.78 Å². The summed E-state index contributed by atoms with van der Waals surface area (Å²) < 4.78 is 44.5. The van der Waals surface area contributed by atoms with Gasteiger partial charge in [0.2, 0.25) is 5.78 Å². The van der Waals surface area contributed by atoms with Gasteiger partial charge < -0.3 is 19.0 Å². The van der Waals surface area contributed by atoms with Gasteiger partial charge in [0.05, 0.1) is 25.3 Å². The maximum atomic E-state index is 14.2. The highest BCUT2D eigenvalue weighted by molar-refractivity contribution is 6.31. The van der Waals surface area contributed by atoms with Crippen LogP contribution in [0, 0.1) is 11.6 Å². The van der Waals surface area contributed by atoms with Gasteiger partial charge in [0, 0.05) is 28.2 Å². The van der Waals surface area contributed by atoms with Crippen LogP contribution in [0.25, 0.3) is 11.0 Å². The van der Waals surface area contributed by atoms with E-state index in [1.165, 1.54) is 25.3 Å². The van der Waals surface area contributed by atoms with Crippen molar-refractivity contribution >= 4 is 39.9 Å². The number of hydrogen-bond acceptors (Lipinski definition) is 6. The molecule has 0 fully saturated rings. The molecule has 38 heavy (non-hydrogen) atoms. The van der Waals surface area contributed by atoms with E-state index in [0.717, 1.165) is 17.0 Å². The van der Waals surface area contributed by atoms with E-state index in [0.29, 0.717) is 28.3 Å². The lowest BCUT2D eigenvalue weighted by atomic mass is 9.94. The number of aliphatic hydroxyl groups excluding tert-OH is 1. The molecule has 1 unspecified atom stereocenters. The fourth-order valence-corrected chi connectivity index (χ4v) is 4.69. The van der Waals surface area contributed by atoms with Gasteiger partial charge in [-0.05, 0) is 48.9 Å². The van der Waals surface area contributed by atoms with Crippen LogP contribution in [-0.2, 0) is 4.79 Å². The van der Waals surface area contributed by atoms with Crippen LogP contribution >= 0.6 is 11.6 Å². The average Bonchev–Trinajstić information content (AvgIpc) is 3.44. The summed E-state index contributed by atoms with van der Waals surface area (Å²) in [5.41, 5.74) is 0.265. The minimum absolute atomic E-state index is 0.0619. The minimum Gasteiger partial charge on any atom is -0.503 e. The first-order valence-corrected chi connectivity index (χ1v) is 11.9. The number of amides is 1. The Bertz CT molecular complexity index is 1630. The molecular formula is C28H20ClF2NO6. The van der Waals surface area contributed by atoms with Crippen molar-refractivity contribution in [2.24, 2.45) is 0 Å². The second-order valence-electron chi connectivity index (χ2n) is 8.41. The van der Waals surface area contributed by atoms with Crippen molar-refractivity contribution in [3.63, 3.8) is 0 Å². The lowest BCUT2D eigenvalue weighted by Gasteiger charge is -2.27. The fraction of sp³-hybridized carbons (Fsp3) is 0.143. The second kappa shape index (κ2) is 9.83. The van der Waals surface area contributed by atoms with Crippen molar-refractivity contribution in [2.75, 3.05) is 18.6 Å². The highest BCUT2D eigenvalue weighted by Crippen LogP contribution is 2.44. The van der Waals surface area contributed by atoms with Gasteiger partial charge in [0.15, 0.2) is 34.5 Å². The van der Waals surface area contributed by atoms with Crippen LogP contribution in [0.3, 0.4) is 0 Å². The lowest BCUT2D eigenvalue weighted by molar-refractivity contribution is -0.117. The smallest absolute Gasteiger partial charge is 0.294 e. The normalized spacial score (nSPS) is 15.4. The Kier molecular flexibility index (Phi) is 6.54. The highest BCUT2D eigenvalue weighted by atomic mass is 35.5. The molecule has 1 aliphatic rings. The Balaban J connectivity index is 1.68. The summed E-state index contributed by atoms with van der Waals surface area (Å²) in [6, 6.07) is 12.7. The average molecular weight is 540 g/mol. The van der Waals surface area contributed by atoms with E-state index < -0.39 is 35.1 Å². The number of benzene rings is 3. The van der Waals surface area contributed by atoms with Crippen LogP contribution < -0.4 is 14.4 Å². The molecule has 0 spiro atoms. The number of halogens is 3. The number of carbonyl (C=O) groups excluding carboxylic acids is 2. The number of fused-ring (bicyclic) bond motifs is 1. The van der Waals surface area contributed by atoms with Gasteiger partial charge in [0.1, 0.15) is 5.75 Å². The monoisotopic (exact) mass is 539 g/mol. The van der Waals surface area contributed by atoms with Crippen molar-refractivity contribution in [1.29, 1.82) is 0 Å². The zero-order valence-corrected chi connectivity index (χ0v) is 20.9. The highest BCUT2D eigenvalue weighted by Gasteiger charge is 2.45. The lowest BCUT2D eigenvalue weighted by Crippen LogP contribution is -2.31.